The van der Waals surface area contributed by atoms with Gasteiger partial charge in [-0.2, -0.15) is 0 Å². The van der Waals surface area contributed by atoms with Crippen molar-refractivity contribution in [3.05, 3.63) is 27.7 Å². The number of nitrogens with two attached hydrogens (primary N) is 1. The van der Waals surface area contributed by atoms with Gasteiger partial charge in [-0.1, -0.05) is 15.9 Å². The van der Waals surface area contributed by atoms with Gasteiger partial charge in [-0.25, -0.2) is 0 Å². The van der Waals surface area contributed by atoms with E-state index in [0.29, 0.717) is 11.7 Å². The summed E-state index contributed by atoms with van der Waals surface area (Å²) in [6, 6.07) is 4.20. The first-order valence-corrected chi connectivity index (χ1v) is 7.22. The number of piperidine rings is 1. The van der Waals surface area contributed by atoms with E-state index < -0.39 is 0 Å². The van der Waals surface area contributed by atoms with Crippen molar-refractivity contribution >= 4 is 27.5 Å². The average molecular weight is 309 g/mol. The molecule has 96 valence electrons. The molecule has 1 aromatic carbocycles. The van der Waals surface area contributed by atoms with E-state index in [1.54, 1.807) is 0 Å². The minimum atomic E-state index is 0.146. The molecule has 1 saturated carbocycles. The largest absolute Gasteiger partial charge is 0.398 e. The number of likely N-dealkylation sites (tertiary alicyclic amines) is 1. The summed E-state index contributed by atoms with van der Waals surface area (Å²) in [5.74, 6) is 0.872. The molecule has 1 amide bonds. The summed E-state index contributed by atoms with van der Waals surface area (Å²) >= 11 is 3.41. The number of halogens is 1. The van der Waals surface area contributed by atoms with Crippen LogP contribution in [0.3, 0.4) is 0 Å². The average Bonchev–Trinajstić information content (AvgIpc) is 2.94. The molecule has 2 fully saturated rings. The smallest absolute Gasteiger partial charge is 0.254 e. The highest BCUT2D eigenvalue weighted by atomic mass is 79.9. The summed E-state index contributed by atoms with van der Waals surface area (Å²) in [7, 11) is 0. The quantitative estimate of drug-likeness (QED) is 0.811. The van der Waals surface area contributed by atoms with E-state index in [0.717, 1.165) is 28.1 Å². The minimum Gasteiger partial charge on any atom is -0.398 e. The third kappa shape index (κ3) is 1.83. The molecule has 3 rings (SSSR count). The zero-order chi connectivity index (χ0) is 12.9. The van der Waals surface area contributed by atoms with Gasteiger partial charge in [-0.3, -0.25) is 4.79 Å². The Kier molecular flexibility index (Phi) is 2.85. The number of carbonyl (C=O) groups is 1. The van der Waals surface area contributed by atoms with Gasteiger partial charge in [0.05, 0.1) is 0 Å². The van der Waals surface area contributed by atoms with Gasteiger partial charge in [0.1, 0.15) is 0 Å². The monoisotopic (exact) mass is 308 g/mol. The van der Waals surface area contributed by atoms with Crippen molar-refractivity contribution in [2.24, 2.45) is 5.92 Å². The van der Waals surface area contributed by atoms with Crippen molar-refractivity contribution in [3.63, 3.8) is 0 Å². The molecule has 2 N–H and O–H groups in total. The Hall–Kier alpha value is -1.03. The van der Waals surface area contributed by atoms with Crippen LogP contribution < -0.4 is 5.73 Å². The molecule has 0 spiro atoms. The molecule has 2 bridgehead atoms. The second-order valence-electron chi connectivity index (χ2n) is 5.46. The number of nitrogen functional groups attached to an aromatic ring is 1. The van der Waals surface area contributed by atoms with E-state index in [1.807, 2.05) is 24.0 Å². The molecular formula is C14H17BrN2O. The molecule has 2 atom stereocenters. The van der Waals surface area contributed by atoms with Crippen LogP contribution in [-0.4, -0.2) is 23.4 Å². The van der Waals surface area contributed by atoms with Gasteiger partial charge < -0.3 is 10.6 Å². The van der Waals surface area contributed by atoms with Gasteiger partial charge in [0.15, 0.2) is 0 Å². The lowest BCUT2D eigenvalue weighted by molar-refractivity contribution is 0.0703. The molecule has 4 heteroatoms. The van der Waals surface area contributed by atoms with Crippen molar-refractivity contribution in [2.45, 2.75) is 32.2 Å². The van der Waals surface area contributed by atoms with Crippen LogP contribution >= 0.6 is 15.9 Å². The van der Waals surface area contributed by atoms with Crippen LogP contribution in [0.2, 0.25) is 0 Å². The van der Waals surface area contributed by atoms with E-state index in [9.17, 15) is 4.79 Å². The first kappa shape index (κ1) is 12.0. The van der Waals surface area contributed by atoms with E-state index in [1.165, 1.54) is 19.3 Å². The molecule has 1 saturated heterocycles. The highest BCUT2D eigenvalue weighted by Crippen LogP contribution is 2.38. The lowest BCUT2D eigenvalue weighted by Gasteiger charge is -2.28. The number of carbonyl (C=O) groups excluding carboxylic acids is 1. The first-order valence-electron chi connectivity index (χ1n) is 6.43. The molecule has 0 radical (unpaired) electrons. The van der Waals surface area contributed by atoms with Crippen LogP contribution in [0.15, 0.2) is 16.6 Å². The Bertz CT molecular complexity index is 515. The Morgan fingerprint density at radius 3 is 2.83 bits per heavy atom. The zero-order valence-electron chi connectivity index (χ0n) is 10.4. The molecule has 1 aliphatic carbocycles. The molecule has 1 aromatic rings. The number of fused-ring (bicyclic) bond motifs is 2. The van der Waals surface area contributed by atoms with Gasteiger partial charge in [-0.15, -0.1) is 0 Å². The van der Waals surface area contributed by atoms with Crippen molar-refractivity contribution in [2.75, 3.05) is 12.3 Å². The van der Waals surface area contributed by atoms with Gasteiger partial charge >= 0.3 is 0 Å². The normalized spacial score (nSPS) is 25.8. The first-order chi connectivity index (χ1) is 8.56. The molecule has 3 nitrogen and oxygen atoms in total. The highest BCUT2D eigenvalue weighted by molar-refractivity contribution is 9.10. The number of anilines is 1. The van der Waals surface area contributed by atoms with Crippen LogP contribution in [0, 0.1) is 12.8 Å². The Morgan fingerprint density at radius 1 is 1.44 bits per heavy atom. The number of hydrogen-bond acceptors (Lipinski definition) is 2. The number of nitrogens with zero attached hydrogens (tertiary/aromatic N) is 1. The standard InChI is InChI=1S/C14H17BrN2O/c1-8-12(5-10(15)6-13(8)16)14(18)17-7-9-2-3-11(17)4-9/h5-6,9,11H,2-4,7,16H2,1H3. The van der Waals surface area contributed by atoms with Gasteiger partial charge in [0, 0.05) is 28.3 Å². The lowest BCUT2D eigenvalue weighted by Crippen LogP contribution is -2.38. The van der Waals surface area contributed by atoms with Gasteiger partial charge in [0.25, 0.3) is 5.91 Å². The summed E-state index contributed by atoms with van der Waals surface area (Å²) in [6.07, 6.45) is 3.64. The summed E-state index contributed by atoms with van der Waals surface area (Å²) < 4.78 is 0.873. The van der Waals surface area contributed by atoms with Gasteiger partial charge in [0.2, 0.25) is 0 Å². The summed E-state index contributed by atoms with van der Waals surface area (Å²) in [5.41, 5.74) is 8.25. The Morgan fingerprint density at radius 2 is 2.22 bits per heavy atom. The maximum Gasteiger partial charge on any atom is 0.254 e. The van der Waals surface area contributed by atoms with Crippen molar-refractivity contribution in [1.82, 2.24) is 4.90 Å². The summed E-state index contributed by atoms with van der Waals surface area (Å²) in [6.45, 7) is 2.85. The lowest BCUT2D eigenvalue weighted by atomic mass is 10.0. The fourth-order valence-electron chi connectivity index (χ4n) is 3.25. The van der Waals surface area contributed by atoms with Crippen LogP contribution in [0.5, 0.6) is 0 Å². The second-order valence-corrected chi connectivity index (χ2v) is 6.37. The van der Waals surface area contributed by atoms with Crippen LogP contribution in [0.4, 0.5) is 5.69 Å². The maximum absolute atomic E-state index is 12.6. The summed E-state index contributed by atoms with van der Waals surface area (Å²) in [5, 5.41) is 0. The fraction of sp³-hybridized carbons (Fsp3) is 0.500. The minimum absolute atomic E-state index is 0.146. The zero-order valence-corrected chi connectivity index (χ0v) is 12.0. The van der Waals surface area contributed by atoms with Crippen molar-refractivity contribution in [1.29, 1.82) is 0 Å². The van der Waals surface area contributed by atoms with Crippen LogP contribution in [-0.2, 0) is 0 Å². The van der Waals surface area contributed by atoms with Crippen molar-refractivity contribution < 1.29 is 4.79 Å². The second kappa shape index (κ2) is 4.26. The highest BCUT2D eigenvalue weighted by Gasteiger charge is 2.40. The Balaban J connectivity index is 1.93. The third-order valence-corrected chi connectivity index (χ3v) is 4.77. The van der Waals surface area contributed by atoms with Crippen LogP contribution in [0.25, 0.3) is 0 Å². The molecule has 0 aromatic heterocycles. The third-order valence-electron chi connectivity index (χ3n) is 4.31. The predicted molar refractivity (Wildman–Crippen MR) is 75.5 cm³/mol. The molecule has 2 unspecified atom stereocenters. The molecule has 2 aliphatic rings. The predicted octanol–water partition coefficient (Wildman–Crippen LogP) is 2.96. The molecular weight excluding hydrogens is 292 g/mol. The SMILES string of the molecule is Cc1c(N)cc(Br)cc1C(=O)N1CC2CCC1C2. The molecule has 1 aliphatic heterocycles. The number of hydrogen-bond donors (Lipinski definition) is 1. The molecule has 1 heterocycles. The summed E-state index contributed by atoms with van der Waals surface area (Å²) in [4.78, 5) is 14.7. The van der Waals surface area contributed by atoms with E-state index in [2.05, 4.69) is 15.9 Å². The topological polar surface area (TPSA) is 46.3 Å². The van der Waals surface area contributed by atoms with E-state index in [4.69, 9.17) is 5.73 Å². The molecule has 18 heavy (non-hydrogen) atoms. The van der Waals surface area contributed by atoms with Crippen molar-refractivity contribution in [3.8, 4) is 0 Å². The van der Waals surface area contributed by atoms with Crippen LogP contribution in [0.1, 0.15) is 35.2 Å². The van der Waals surface area contributed by atoms with E-state index in [-0.39, 0.29) is 5.91 Å². The van der Waals surface area contributed by atoms with E-state index >= 15 is 0 Å². The number of rotatable bonds is 1. The van der Waals surface area contributed by atoms with Gasteiger partial charge in [-0.05, 0) is 49.8 Å². The maximum atomic E-state index is 12.6. The fourth-order valence-corrected chi connectivity index (χ4v) is 3.73. The number of benzene rings is 1. The number of amides is 1. The Labute approximate surface area is 115 Å².